The average Bonchev–Trinajstić information content (AvgIpc) is 3.04. The Morgan fingerprint density at radius 3 is 2.78 bits per heavy atom. The van der Waals surface area contributed by atoms with E-state index in [2.05, 4.69) is 34.3 Å². The number of fused-ring (bicyclic) bond motifs is 1. The number of nitrogens with one attached hydrogen (secondary N) is 1. The Labute approximate surface area is 164 Å². The van der Waals surface area contributed by atoms with Crippen LogP contribution in [0.15, 0.2) is 64.8 Å². The van der Waals surface area contributed by atoms with Crippen molar-refractivity contribution >= 4 is 44.4 Å². The molecule has 0 unspecified atom stereocenters. The Hall–Kier alpha value is -2.77. The fourth-order valence-electron chi connectivity index (χ4n) is 2.61. The van der Waals surface area contributed by atoms with Crippen LogP contribution in [0.2, 0.25) is 0 Å². The number of benzene rings is 2. The van der Waals surface area contributed by atoms with E-state index >= 15 is 0 Å². The van der Waals surface area contributed by atoms with Gasteiger partial charge in [-0.25, -0.2) is 15.0 Å². The van der Waals surface area contributed by atoms with Gasteiger partial charge >= 0.3 is 0 Å². The van der Waals surface area contributed by atoms with Gasteiger partial charge in [0.15, 0.2) is 10.3 Å². The van der Waals surface area contributed by atoms with Crippen LogP contribution in [0.3, 0.4) is 0 Å². The Balaban J connectivity index is 1.65. The summed E-state index contributed by atoms with van der Waals surface area (Å²) in [5.74, 6) is -0.122. The monoisotopic (exact) mass is 392 g/mol. The first kappa shape index (κ1) is 17.6. The normalized spacial score (nSPS) is 10.9. The van der Waals surface area contributed by atoms with Gasteiger partial charge in [-0.1, -0.05) is 35.6 Å². The first-order valence-corrected chi connectivity index (χ1v) is 9.97. The van der Waals surface area contributed by atoms with E-state index in [0.717, 1.165) is 26.4 Å². The molecule has 1 amide bonds. The molecule has 27 heavy (non-hydrogen) atoms. The maximum Gasteiger partial charge on any atom is 0.223 e. The number of anilines is 1. The fourth-order valence-corrected chi connectivity index (χ4v) is 4.39. The molecule has 1 N–H and O–H groups in total. The molecule has 0 radical (unpaired) electrons. The first-order chi connectivity index (χ1) is 13.1. The molecule has 0 aliphatic rings. The molecule has 2 aromatic heterocycles. The van der Waals surface area contributed by atoms with Gasteiger partial charge in [-0.2, -0.15) is 0 Å². The van der Waals surface area contributed by atoms with Gasteiger partial charge in [0.2, 0.25) is 5.91 Å². The predicted octanol–water partition coefficient (Wildman–Crippen LogP) is 5.17. The summed E-state index contributed by atoms with van der Waals surface area (Å²) >= 11 is 3.01. The number of aromatic nitrogens is 3. The molecule has 0 atom stereocenters. The number of rotatable bonds is 4. The average molecular weight is 393 g/mol. The molecule has 2 heterocycles. The lowest BCUT2D eigenvalue weighted by Gasteiger charge is -2.06. The second-order valence-corrected chi connectivity index (χ2v) is 8.01. The van der Waals surface area contributed by atoms with Gasteiger partial charge in [-0.3, -0.25) is 4.79 Å². The van der Waals surface area contributed by atoms with E-state index in [1.807, 2.05) is 36.4 Å². The Bertz CT molecular complexity index is 1140. The van der Waals surface area contributed by atoms with Crippen LogP contribution in [0.4, 0.5) is 5.13 Å². The van der Waals surface area contributed by atoms with E-state index in [-0.39, 0.29) is 5.91 Å². The molecular weight excluding hydrogens is 376 g/mol. The number of thiazole rings is 1. The number of hydrogen-bond acceptors (Lipinski definition) is 6. The molecule has 134 valence electrons. The van der Waals surface area contributed by atoms with Crippen LogP contribution in [0, 0.1) is 6.92 Å². The van der Waals surface area contributed by atoms with Crippen molar-refractivity contribution in [1.29, 1.82) is 0 Å². The molecule has 0 aliphatic heterocycles. The summed E-state index contributed by atoms with van der Waals surface area (Å²) < 4.78 is 1.00. The highest BCUT2D eigenvalue weighted by Crippen LogP contribution is 2.32. The van der Waals surface area contributed by atoms with Crippen LogP contribution in [0.1, 0.15) is 12.5 Å². The number of carbonyl (C=O) groups excluding carboxylic acids is 1. The van der Waals surface area contributed by atoms with E-state index in [9.17, 15) is 4.79 Å². The molecule has 5 nitrogen and oxygen atoms in total. The predicted molar refractivity (Wildman–Crippen MR) is 110 cm³/mol. The molecule has 0 spiro atoms. The fraction of sp³-hybridized carbons (Fsp3) is 0.100. The second-order valence-electron chi connectivity index (χ2n) is 5.97. The zero-order chi connectivity index (χ0) is 18.8. The van der Waals surface area contributed by atoms with Crippen molar-refractivity contribution in [3.63, 3.8) is 0 Å². The summed E-state index contributed by atoms with van der Waals surface area (Å²) in [6, 6.07) is 16.1. The van der Waals surface area contributed by atoms with Gasteiger partial charge in [0.25, 0.3) is 0 Å². The molecule has 0 aliphatic carbocycles. The van der Waals surface area contributed by atoms with Crippen molar-refractivity contribution in [1.82, 2.24) is 15.0 Å². The Morgan fingerprint density at radius 1 is 1.11 bits per heavy atom. The number of nitrogens with zero attached hydrogens (tertiary/aromatic N) is 3. The SMILES string of the molecule is CC(=O)Nc1nc2ccc(-c3ccnc(Sc4ccccc4C)n3)cc2s1. The number of hydrogen-bond donors (Lipinski definition) is 1. The lowest BCUT2D eigenvalue weighted by atomic mass is 10.1. The summed E-state index contributed by atoms with van der Waals surface area (Å²) in [6.45, 7) is 3.56. The van der Waals surface area contributed by atoms with Crippen LogP contribution in [-0.2, 0) is 4.79 Å². The molecule has 0 saturated carbocycles. The highest BCUT2D eigenvalue weighted by Gasteiger charge is 2.09. The zero-order valence-electron chi connectivity index (χ0n) is 14.8. The largest absolute Gasteiger partial charge is 0.302 e. The van der Waals surface area contributed by atoms with Gasteiger partial charge in [-0.15, -0.1) is 0 Å². The third-order valence-electron chi connectivity index (χ3n) is 3.90. The minimum Gasteiger partial charge on any atom is -0.302 e. The summed E-state index contributed by atoms with van der Waals surface area (Å²) in [4.78, 5) is 25.9. The molecule has 4 aromatic rings. The van der Waals surface area contributed by atoms with Crippen molar-refractivity contribution in [2.75, 3.05) is 5.32 Å². The zero-order valence-corrected chi connectivity index (χ0v) is 16.4. The van der Waals surface area contributed by atoms with Gasteiger partial charge in [0.1, 0.15) is 0 Å². The third kappa shape index (κ3) is 3.99. The molecular formula is C20H16N4OS2. The van der Waals surface area contributed by atoms with E-state index in [4.69, 9.17) is 4.98 Å². The summed E-state index contributed by atoms with van der Waals surface area (Å²) in [6.07, 6.45) is 1.78. The van der Waals surface area contributed by atoms with Crippen molar-refractivity contribution in [2.45, 2.75) is 23.9 Å². The van der Waals surface area contributed by atoms with Crippen LogP contribution < -0.4 is 5.32 Å². The van der Waals surface area contributed by atoms with Crippen molar-refractivity contribution in [3.8, 4) is 11.3 Å². The summed E-state index contributed by atoms with van der Waals surface area (Å²) in [5, 5.41) is 4.05. The lowest BCUT2D eigenvalue weighted by Crippen LogP contribution is -2.04. The standard InChI is InChI=1S/C20H16N4OS2/c1-12-5-3-4-6-17(12)26-19-21-10-9-15(23-19)14-7-8-16-18(11-14)27-20(24-16)22-13(2)25/h3-11H,1-2H3,(H,22,24,25). The second kappa shape index (κ2) is 7.46. The third-order valence-corrected chi connectivity index (χ3v) is 5.89. The lowest BCUT2D eigenvalue weighted by molar-refractivity contribution is -0.114. The minimum absolute atomic E-state index is 0.122. The van der Waals surface area contributed by atoms with Gasteiger partial charge in [-0.05, 0) is 48.5 Å². The molecule has 0 fully saturated rings. The molecule has 0 saturated heterocycles. The van der Waals surface area contributed by atoms with Crippen LogP contribution in [0.25, 0.3) is 21.5 Å². The van der Waals surface area contributed by atoms with Gasteiger partial charge < -0.3 is 5.32 Å². The number of carbonyl (C=O) groups is 1. The van der Waals surface area contributed by atoms with Crippen molar-refractivity contribution in [3.05, 3.63) is 60.3 Å². The van der Waals surface area contributed by atoms with E-state index < -0.39 is 0 Å². The van der Waals surface area contributed by atoms with Crippen LogP contribution >= 0.6 is 23.1 Å². The maximum atomic E-state index is 11.2. The topological polar surface area (TPSA) is 67.8 Å². The highest BCUT2D eigenvalue weighted by atomic mass is 32.2. The van der Waals surface area contributed by atoms with Crippen LogP contribution in [-0.4, -0.2) is 20.9 Å². The molecule has 4 rings (SSSR count). The van der Waals surface area contributed by atoms with Crippen LogP contribution in [0.5, 0.6) is 0 Å². The highest BCUT2D eigenvalue weighted by molar-refractivity contribution is 7.99. The van der Waals surface area contributed by atoms with E-state index in [1.54, 1.807) is 18.0 Å². The van der Waals surface area contributed by atoms with E-state index in [1.165, 1.54) is 23.8 Å². The summed E-state index contributed by atoms with van der Waals surface area (Å²) in [7, 11) is 0. The molecule has 0 bridgehead atoms. The summed E-state index contributed by atoms with van der Waals surface area (Å²) in [5.41, 5.74) is 3.91. The maximum absolute atomic E-state index is 11.2. The Morgan fingerprint density at radius 2 is 1.96 bits per heavy atom. The molecule has 2 aromatic carbocycles. The van der Waals surface area contributed by atoms with Crippen molar-refractivity contribution in [2.24, 2.45) is 0 Å². The minimum atomic E-state index is -0.122. The quantitative estimate of drug-likeness (QED) is 0.485. The smallest absolute Gasteiger partial charge is 0.223 e. The van der Waals surface area contributed by atoms with Gasteiger partial charge in [0, 0.05) is 23.6 Å². The van der Waals surface area contributed by atoms with Gasteiger partial charge in [0.05, 0.1) is 15.9 Å². The number of amides is 1. The Kier molecular flexibility index (Phi) is 4.87. The van der Waals surface area contributed by atoms with Crippen molar-refractivity contribution < 1.29 is 4.79 Å². The number of aryl methyl sites for hydroxylation is 1. The molecule has 7 heteroatoms. The van der Waals surface area contributed by atoms with E-state index in [0.29, 0.717) is 10.3 Å². The first-order valence-electron chi connectivity index (χ1n) is 8.33.